The van der Waals surface area contributed by atoms with E-state index < -0.39 is 4.92 Å². The number of nitrogens with one attached hydrogen (secondary N) is 1. The quantitative estimate of drug-likeness (QED) is 0.617. The fourth-order valence-corrected chi connectivity index (χ4v) is 3.09. The number of amides is 1. The molecule has 1 aliphatic carbocycles. The van der Waals surface area contributed by atoms with Crippen molar-refractivity contribution in [2.45, 2.75) is 44.9 Å². The van der Waals surface area contributed by atoms with Crippen LogP contribution in [0, 0.1) is 16.0 Å². The van der Waals surface area contributed by atoms with Gasteiger partial charge in [0.1, 0.15) is 0 Å². The summed E-state index contributed by atoms with van der Waals surface area (Å²) in [7, 11) is 0. The standard InChI is InChI=1S/C15H19BrN2O3/c16-13-8-7-12(18(20)21)10-14(13)17-15(19)9-6-11-4-2-1-3-5-11/h7-8,10-11H,1-6,9H2,(H,17,19). The summed E-state index contributed by atoms with van der Waals surface area (Å²) in [5, 5.41) is 13.5. The lowest BCUT2D eigenvalue weighted by Crippen LogP contribution is -2.15. The van der Waals surface area contributed by atoms with Gasteiger partial charge in [-0.25, -0.2) is 0 Å². The lowest BCUT2D eigenvalue weighted by atomic mass is 9.86. The monoisotopic (exact) mass is 354 g/mol. The highest BCUT2D eigenvalue weighted by Gasteiger charge is 2.16. The maximum atomic E-state index is 12.0. The van der Waals surface area contributed by atoms with Crippen LogP contribution >= 0.6 is 15.9 Å². The van der Waals surface area contributed by atoms with Crippen molar-refractivity contribution in [1.82, 2.24) is 0 Å². The predicted octanol–water partition coefficient (Wildman–Crippen LogP) is 4.66. The molecule has 0 spiro atoms. The second-order valence-corrected chi connectivity index (χ2v) is 6.37. The van der Waals surface area contributed by atoms with Crippen LogP contribution in [0.1, 0.15) is 44.9 Å². The minimum absolute atomic E-state index is 0.0271. The van der Waals surface area contributed by atoms with E-state index in [0.29, 0.717) is 22.5 Å². The average Bonchev–Trinajstić information content (AvgIpc) is 2.48. The number of benzene rings is 1. The van der Waals surface area contributed by atoms with Crippen molar-refractivity contribution in [1.29, 1.82) is 0 Å². The molecule has 1 N–H and O–H groups in total. The number of rotatable bonds is 5. The van der Waals surface area contributed by atoms with Crippen molar-refractivity contribution in [3.8, 4) is 0 Å². The Morgan fingerprint density at radius 1 is 1.33 bits per heavy atom. The molecule has 0 saturated heterocycles. The van der Waals surface area contributed by atoms with E-state index in [9.17, 15) is 14.9 Å². The van der Waals surface area contributed by atoms with E-state index in [4.69, 9.17) is 0 Å². The van der Waals surface area contributed by atoms with Gasteiger partial charge in [0, 0.05) is 23.0 Å². The van der Waals surface area contributed by atoms with Gasteiger partial charge >= 0.3 is 0 Å². The van der Waals surface area contributed by atoms with Crippen LogP contribution in [0.25, 0.3) is 0 Å². The summed E-state index contributed by atoms with van der Waals surface area (Å²) in [4.78, 5) is 22.3. The first-order valence-corrected chi connectivity index (χ1v) is 8.09. The predicted molar refractivity (Wildman–Crippen MR) is 85.2 cm³/mol. The minimum Gasteiger partial charge on any atom is -0.325 e. The van der Waals surface area contributed by atoms with Crippen molar-refractivity contribution >= 4 is 33.2 Å². The lowest BCUT2D eigenvalue weighted by Gasteiger charge is -2.21. The van der Waals surface area contributed by atoms with Gasteiger partial charge in [0.25, 0.3) is 5.69 Å². The molecule has 1 aliphatic rings. The van der Waals surface area contributed by atoms with E-state index in [1.165, 1.54) is 44.2 Å². The maximum Gasteiger partial charge on any atom is 0.271 e. The molecule has 5 nitrogen and oxygen atoms in total. The van der Waals surface area contributed by atoms with Gasteiger partial charge in [-0.1, -0.05) is 32.1 Å². The van der Waals surface area contributed by atoms with E-state index in [0.717, 1.165) is 6.42 Å². The molecule has 0 unspecified atom stereocenters. The summed E-state index contributed by atoms with van der Waals surface area (Å²) in [5.74, 6) is 0.569. The molecule has 21 heavy (non-hydrogen) atoms. The first kappa shape index (κ1) is 15.9. The Morgan fingerprint density at radius 2 is 2.05 bits per heavy atom. The molecule has 6 heteroatoms. The highest BCUT2D eigenvalue weighted by Crippen LogP contribution is 2.29. The van der Waals surface area contributed by atoms with E-state index in [1.807, 2.05) is 0 Å². The minimum atomic E-state index is -0.468. The molecule has 1 aromatic carbocycles. The Hall–Kier alpha value is -1.43. The Kier molecular flexibility index (Phi) is 5.73. The largest absolute Gasteiger partial charge is 0.325 e. The van der Waals surface area contributed by atoms with Gasteiger partial charge in [-0.2, -0.15) is 0 Å². The third-order valence-electron chi connectivity index (χ3n) is 3.94. The molecule has 2 rings (SSSR count). The molecule has 1 aromatic rings. The Balaban J connectivity index is 1.89. The Bertz CT molecular complexity index is 528. The molecule has 0 aliphatic heterocycles. The number of nitro groups is 1. The summed E-state index contributed by atoms with van der Waals surface area (Å²) in [6, 6.07) is 4.36. The molecule has 0 aromatic heterocycles. The number of nitrogens with zero attached hydrogens (tertiary/aromatic N) is 1. The molecular formula is C15H19BrN2O3. The van der Waals surface area contributed by atoms with Crippen LogP contribution in [0.2, 0.25) is 0 Å². The van der Waals surface area contributed by atoms with Gasteiger partial charge in [0.05, 0.1) is 10.6 Å². The first-order valence-electron chi connectivity index (χ1n) is 7.30. The van der Waals surface area contributed by atoms with Crippen LogP contribution in [0.15, 0.2) is 22.7 Å². The molecule has 0 atom stereocenters. The smallest absolute Gasteiger partial charge is 0.271 e. The van der Waals surface area contributed by atoms with Crippen LogP contribution in [-0.2, 0) is 4.79 Å². The van der Waals surface area contributed by atoms with E-state index in [2.05, 4.69) is 21.2 Å². The highest BCUT2D eigenvalue weighted by atomic mass is 79.9. The number of hydrogen-bond donors (Lipinski definition) is 1. The molecule has 0 heterocycles. The number of anilines is 1. The molecule has 0 bridgehead atoms. The number of nitro benzene ring substituents is 1. The molecule has 1 fully saturated rings. The van der Waals surface area contributed by atoms with E-state index in [1.54, 1.807) is 6.07 Å². The average molecular weight is 355 g/mol. The van der Waals surface area contributed by atoms with Crippen molar-refractivity contribution < 1.29 is 9.72 Å². The van der Waals surface area contributed by atoms with Gasteiger partial charge in [-0.05, 0) is 34.3 Å². The molecular weight excluding hydrogens is 336 g/mol. The van der Waals surface area contributed by atoms with Crippen LogP contribution in [0.4, 0.5) is 11.4 Å². The van der Waals surface area contributed by atoms with Crippen molar-refractivity contribution in [3.63, 3.8) is 0 Å². The molecule has 1 saturated carbocycles. The van der Waals surface area contributed by atoms with E-state index >= 15 is 0 Å². The number of halogens is 1. The molecule has 1 amide bonds. The maximum absolute atomic E-state index is 12.0. The Morgan fingerprint density at radius 3 is 2.71 bits per heavy atom. The summed E-state index contributed by atoms with van der Waals surface area (Å²) in [6.07, 6.45) is 7.65. The second-order valence-electron chi connectivity index (χ2n) is 5.51. The van der Waals surface area contributed by atoms with Crippen LogP contribution in [0.3, 0.4) is 0 Å². The zero-order valence-corrected chi connectivity index (χ0v) is 13.4. The highest BCUT2D eigenvalue weighted by molar-refractivity contribution is 9.10. The van der Waals surface area contributed by atoms with Gasteiger partial charge in [-0.15, -0.1) is 0 Å². The van der Waals surface area contributed by atoms with Gasteiger partial charge in [0.2, 0.25) is 5.91 Å². The summed E-state index contributed by atoms with van der Waals surface area (Å²) < 4.78 is 0.652. The fourth-order valence-electron chi connectivity index (χ4n) is 2.75. The number of hydrogen-bond acceptors (Lipinski definition) is 3. The lowest BCUT2D eigenvalue weighted by molar-refractivity contribution is -0.384. The summed E-state index contributed by atoms with van der Waals surface area (Å²) in [5.41, 5.74) is 0.429. The third kappa shape index (κ3) is 4.81. The molecule has 0 radical (unpaired) electrons. The second kappa shape index (κ2) is 7.54. The Labute approximate surface area is 132 Å². The van der Waals surface area contributed by atoms with Crippen molar-refractivity contribution in [3.05, 3.63) is 32.8 Å². The SMILES string of the molecule is O=C(CCC1CCCCC1)Nc1cc([N+](=O)[O-])ccc1Br. The first-order chi connectivity index (χ1) is 10.1. The number of non-ortho nitro benzene ring substituents is 1. The third-order valence-corrected chi connectivity index (χ3v) is 4.63. The zero-order valence-electron chi connectivity index (χ0n) is 11.8. The van der Waals surface area contributed by atoms with Crippen LogP contribution < -0.4 is 5.32 Å². The van der Waals surface area contributed by atoms with E-state index in [-0.39, 0.29) is 11.6 Å². The summed E-state index contributed by atoms with van der Waals surface area (Å²) in [6.45, 7) is 0. The zero-order chi connectivity index (χ0) is 15.2. The number of carbonyl (C=O) groups is 1. The number of carbonyl (C=O) groups excluding carboxylic acids is 1. The molecule has 114 valence electrons. The van der Waals surface area contributed by atoms with Gasteiger partial charge in [0.15, 0.2) is 0 Å². The van der Waals surface area contributed by atoms with Crippen molar-refractivity contribution in [2.75, 3.05) is 5.32 Å². The topological polar surface area (TPSA) is 72.2 Å². The normalized spacial score (nSPS) is 15.7. The van der Waals surface area contributed by atoms with Gasteiger partial charge in [-0.3, -0.25) is 14.9 Å². The fraction of sp³-hybridized carbons (Fsp3) is 0.533. The summed E-state index contributed by atoms with van der Waals surface area (Å²) >= 11 is 3.30. The van der Waals surface area contributed by atoms with Crippen LogP contribution in [-0.4, -0.2) is 10.8 Å². The van der Waals surface area contributed by atoms with Crippen molar-refractivity contribution in [2.24, 2.45) is 5.92 Å². The van der Waals surface area contributed by atoms with Gasteiger partial charge < -0.3 is 5.32 Å². The van der Waals surface area contributed by atoms with Crippen LogP contribution in [0.5, 0.6) is 0 Å².